The maximum Gasteiger partial charge on any atom is 0.355 e. The van der Waals surface area contributed by atoms with Gasteiger partial charge in [0.25, 0.3) is 5.56 Å². The molecule has 0 saturated carbocycles. The molecule has 4 heterocycles. The van der Waals surface area contributed by atoms with Gasteiger partial charge in [0, 0.05) is 16.5 Å². The Hall–Kier alpha value is -4.25. The minimum Gasteiger partial charge on any atom is -0.508 e. The smallest absolute Gasteiger partial charge is 0.355 e. The molecule has 0 unspecified atom stereocenters. The lowest BCUT2D eigenvalue weighted by atomic mass is 9.85. The minimum atomic E-state index is -1.88. The fraction of sp³-hybridized carbons (Fsp3) is 0.433. The van der Waals surface area contributed by atoms with Gasteiger partial charge in [0.1, 0.15) is 31.2 Å². The highest BCUT2D eigenvalue weighted by atomic mass is 16.6. The molecular formula is C30H32N2O9. The van der Waals surface area contributed by atoms with Crippen LogP contribution in [-0.2, 0) is 58.5 Å². The van der Waals surface area contributed by atoms with Gasteiger partial charge in [0.05, 0.1) is 29.0 Å². The Balaban J connectivity index is 1.52. The molecule has 41 heavy (non-hydrogen) atoms. The number of fused-ring (bicyclic) bond motifs is 5. The van der Waals surface area contributed by atoms with E-state index in [1.165, 1.54) is 0 Å². The molecule has 0 fully saturated rings. The van der Waals surface area contributed by atoms with Crippen LogP contribution in [0, 0.1) is 0 Å². The van der Waals surface area contributed by atoms with Crippen molar-refractivity contribution in [2.24, 2.45) is 0 Å². The van der Waals surface area contributed by atoms with E-state index in [2.05, 4.69) is 0 Å². The zero-order valence-electron chi connectivity index (χ0n) is 23.7. The largest absolute Gasteiger partial charge is 0.508 e. The molecule has 3 aromatic rings. The standard InChI is InChI=1S/C30H32N2O9/c1-6-17-18-10-16(33)8-9-22(18)31-26-19(17)12-32-23(26)11-21-20(27(32)36)13-39-28(37)30(21,7-2)41-25(35)15-38-14-24(34)40-29(3,4)5/h8-11,33H,6-7,12-15H2,1-5H3/t30-/m0/s1. The number of aromatic nitrogens is 2. The fourth-order valence-electron chi connectivity index (χ4n) is 5.52. The summed E-state index contributed by atoms with van der Waals surface area (Å²) in [5.74, 6) is -2.23. The third-order valence-electron chi connectivity index (χ3n) is 7.26. The molecule has 216 valence electrons. The van der Waals surface area contributed by atoms with Crippen LogP contribution >= 0.6 is 0 Å². The van der Waals surface area contributed by atoms with E-state index in [9.17, 15) is 24.3 Å². The molecule has 2 aliphatic heterocycles. The Bertz CT molecular complexity index is 1650. The van der Waals surface area contributed by atoms with Crippen LogP contribution in [0.3, 0.4) is 0 Å². The molecular weight excluding hydrogens is 532 g/mol. The van der Waals surface area contributed by atoms with Gasteiger partial charge in [0.2, 0.25) is 5.60 Å². The van der Waals surface area contributed by atoms with Crippen molar-refractivity contribution in [1.82, 2.24) is 9.55 Å². The maximum absolute atomic E-state index is 13.8. The number of aromatic hydroxyl groups is 1. The second kappa shape index (κ2) is 10.3. The number of nitrogens with zero attached hydrogens (tertiary/aromatic N) is 2. The molecule has 1 N–H and O–H groups in total. The van der Waals surface area contributed by atoms with E-state index in [1.807, 2.05) is 6.92 Å². The van der Waals surface area contributed by atoms with Crippen molar-refractivity contribution < 1.29 is 38.4 Å². The molecule has 1 atom stereocenters. The molecule has 2 aromatic heterocycles. The van der Waals surface area contributed by atoms with E-state index in [1.54, 1.807) is 56.5 Å². The average Bonchev–Trinajstić information content (AvgIpc) is 3.26. The van der Waals surface area contributed by atoms with Crippen molar-refractivity contribution in [3.05, 3.63) is 56.9 Å². The van der Waals surface area contributed by atoms with Crippen LogP contribution in [0.15, 0.2) is 29.1 Å². The highest BCUT2D eigenvalue weighted by Crippen LogP contribution is 2.42. The van der Waals surface area contributed by atoms with Gasteiger partial charge in [0.15, 0.2) is 0 Å². The molecule has 5 rings (SSSR count). The number of phenols is 1. The first-order valence-electron chi connectivity index (χ1n) is 13.5. The van der Waals surface area contributed by atoms with Crippen molar-refractivity contribution >= 4 is 28.8 Å². The first kappa shape index (κ1) is 28.3. The van der Waals surface area contributed by atoms with Crippen molar-refractivity contribution in [1.29, 1.82) is 0 Å². The summed E-state index contributed by atoms with van der Waals surface area (Å²) >= 11 is 0. The number of cyclic esters (lactones) is 1. The van der Waals surface area contributed by atoms with Gasteiger partial charge < -0.3 is 28.6 Å². The third-order valence-corrected chi connectivity index (χ3v) is 7.26. The molecule has 0 aliphatic carbocycles. The summed E-state index contributed by atoms with van der Waals surface area (Å²) in [6.07, 6.45) is 0.645. The molecule has 11 nitrogen and oxygen atoms in total. The third kappa shape index (κ3) is 4.94. The topological polar surface area (TPSA) is 143 Å². The number of ether oxygens (including phenoxy) is 4. The number of aryl methyl sites for hydroxylation is 1. The monoisotopic (exact) mass is 564 g/mol. The van der Waals surface area contributed by atoms with Crippen LogP contribution in [0.2, 0.25) is 0 Å². The number of carbonyl (C=O) groups is 3. The van der Waals surface area contributed by atoms with E-state index in [0.29, 0.717) is 23.3 Å². The zero-order valence-corrected chi connectivity index (χ0v) is 23.7. The van der Waals surface area contributed by atoms with E-state index >= 15 is 0 Å². The Kier molecular flexibility index (Phi) is 7.10. The summed E-state index contributed by atoms with van der Waals surface area (Å²) in [4.78, 5) is 56.5. The Morgan fingerprint density at radius 3 is 2.51 bits per heavy atom. The number of hydrogen-bond donors (Lipinski definition) is 1. The van der Waals surface area contributed by atoms with Crippen LogP contribution < -0.4 is 5.56 Å². The summed E-state index contributed by atoms with van der Waals surface area (Å²) in [6.45, 7) is 7.68. The number of benzene rings is 1. The van der Waals surface area contributed by atoms with E-state index in [-0.39, 0.29) is 42.0 Å². The predicted octanol–water partition coefficient (Wildman–Crippen LogP) is 3.26. The number of phenolic OH excluding ortho intramolecular Hbond substituents is 1. The van der Waals surface area contributed by atoms with Crippen LogP contribution in [0.1, 0.15) is 63.3 Å². The molecule has 0 spiro atoms. The van der Waals surface area contributed by atoms with E-state index in [0.717, 1.165) is 16.5 Å². The summed E-state index contributed by atoms with van der Waals surface area (Å²) < 4.78 is 23.0. The second-order valence-electron chi connectivity index (χ2n) is 11.1. The van der Waals surface area contributed by atoms with Gasteiger partial charge in [-0.2, -0.15) is 0 Å². The van der Waals surface area contributed by atoms with Gasteiger partial charge in [-0.15, -0.1) is 0 Å². The summed E-state index contributed by atoms with van der Waals surface area (Å²) in [5.41, 5.74) is 1.06. The lowest BCUT2D eigenvalue weighted by Gasteiger charge is -2.35. The predicted molar refractivity (Wildman–Crippen MR) is 146 cm³/mol. The Morgan fingerprint density at radius 1 is 1.10 bits per heavy atom. The lowest BCUT2D eigenvalue weighted by Crippen LogP contribution is -2.48. The summed E-state index contributed by atoms with van der Waals surface area (Å²) in [5, 5.41) is 10.9. The van der Waals surface area contributed by atoms with Crippen LogP contribution in [-0.4, -0.2) is 51.4 Å². The zero-order chi connectivity index (χ0) is 29.7. The molecule has 0 amide bonds. The lowest BCUT2D eigenvalue weighted by molar-refractivity contribution is -0.192. The summed E-state index contributed by atoms with van der Waals surface area (Å²) in [6, 6.07) is 6.62. The first-order chi connectivity index (χ1) is 19.4. The molecule has 1 aromatic carbocycles. The molecule has 0 radical (unpaired) electrons. The van der Waals surface area contributed by atoms with Crippen molar-refractivity contribution in [2.45, 2.75) is 71.8 Å². The number of rotatable bonds is 7. The van der Waals surface area contributed by atoms with Crippen LogP contribution in [0.25, 0.3) is 22.3 Å². The number of carbonyl (C=O) groups excluding carboxylic acids is 3. The summed E-state index contributed by atoms with van der Waals surface area (Å²) in [7, 11) is 0. The van der Waals surface area contributed by atoms with E-state index in [4.69, 9.17) is 23.9 Å². The molecule has 0 bridgehead atoms. The average molecular weight is 565 g/mol. The van der Waals surface area contributed by atoms with Crippen molar-refractivity contribution in [3.8, 4) is 17.1 Å². The van der Waals surface area contributed by atoms with Gasteiger partial charge in [-0.3, -0.25) is 4.79 Å². The Labute approximate surface area is 236 Å². The van der Waals surface area contributed by atoms with Gasteiger partial charge in [-0.1, -0.05) is 13.8 Å². The Morgan fingerprint density at radius 2 is 1.83 bits per heavy atom. The maximum atomic E-state index is 13.8. The first-order valence-corrected chi connectivity index (χ1v) is 13.5. The number of pyridine rings is 2. The van der Waals surface area contributed by atoms with Crippen LogP contribution in [0.4, 0.5) is 0 Å². The van der Waals surface area contributed by atoms with E-state index < -0.39 is 42.3 Å². The number of hydrogen-bond acceptors (Lipinski definition) is 10. The van der Waals surface area contributed by atoms with Gasteiger partial charge in [-0.05, 0) is 63.4 Å². The fourth-order valence-corrected chi connectivity index (χ4v) is 5.52. The molecule has 0 saturated heterocycles. The van der Waals surface area contributed by atoms with Crippen molar-refractivity contribution in [3.63, 3.8) is 0 Å². The highest BCUT2D eigenvalue weighted by molar-refractivity contribution is 5.90. The van der Waals surface area contributed by atoms with Crippen molar-refractivity contribution in [2.75, 3.05) is 13.2 Å². The highest BCUT2D eigenvalue weighted by Gasteiger charge is 2.50. The quantitative estimate of drug-likeness (QED) is 0.262. The van der Waals surface area contributed by atoms with Crippen LogP contribution in [0.5, 0.6) is 5.75 Å². The second-order valence-corrected chi connectivity index (χ2v) is 11.1. The normalized spacial score (nSPS) is 17.4. The number of esters is 3. The SMILES string of the molecule is CCc1c2c(nc3ccc(O)cc13)-c1cc3c(c(=O)n1C2)COC(=O)[C@@]3(CC)OC(=O)COCC(=O)OC(C)(C)C. The molecule has 11 heteroatoms. The van der Waals surface area contributed by atoms with Gasteiger partial charge >= 0.3 is 17.9 Å². The molecule has 2 aliphatic rings. The minimum absolute atomic E-state index is 0.00295. The van der Waals surface area contributed by atoms with Gasteiger partial charge in [-0.25, -0.2) is 19.4 Å².